The Balaban J connectivity index is 1.71. The summed E-state index contributed by atoms with van der Waals surface area (Å²) in [5, 5.41) is 4.26. The number of hydrogen-bond acceptors (Lipinski definition) is 4. The molecule has 0 bridgehead atoms. The molecule has 1 aromatic rings. The van der Waals surface area contributed by atoms with Crippen molar-refractivity contribution < 1.29 is 0 Å². The first-order chi connectivity index (χ1) is 6.16. The van der Waals surface area contributed by atoms with Gasteiger partial charge in [0.1, 0.15) is 6.33 Å². The van der Waals surface area contributed by atoms with Gasteiger partial charge in [0.15, 0.2) is 0 Å². The molecule has 0 radical (unpaired) electrons. The lowest BCUT2D eigenvalue weighted by molar-refractivity contribution is 0.106. The molecule has 0 saturated heterocycles. The highest BCUT2D eigenvalue weighted by molar-refractivity contribution is 7.09. The van der Waals surface area contributed by atoms with E-state index < -0.39 is 0 Å². The molecule has 0 spiro atoms. The molecule has 1 heterocycles. The minimum Gasteiger partial charge on any atom is -0.360 e. The average Bonchev–Trinajstić information content (AvgIpc) is 2.48. The molecule has 0 atom stereocenters. The first kappa shape index (κ1) is 8.94. The highest BCUT2D eigenvalue weighted by Gasteiger charge is 2.35. The molecular formula is C9H15N3S. The van der Waals surface area contributed by atoms with Gasteiger partial charge in [-0.15, -0.1) is 0 Å². The molecule has 0 amide bonds. The molecule has 4 heteroatoms. The zero-order valence-electron chi connectivity index (χ0n) is 8.08. The van der Waals surface area contributed by atoms with Gasteiger partial charge >= 0.3 is 0 Å². The summed E-state index contributed by atoms with van der Waals surface area (Å²) in [6.07, 6.45) is 4.26. The van der Waals surface area contributed by atoms with Crippen molar-refractivity contribution in [1.82, 2.24) is 9.36 Å². The van der Waals surface area contributed by atoms with Crippen LogP contribution < -0.4 is 5.32 Å². The SMILES string of the molecule is CC1(C)CC(CNc2ncns2)C1. The van der Waals surface area contributed by atoms with Crippen LogP contribution in [0.15, 0.2) is 6.33 Å². The van der Waals surface area contributed by atoms with Crippen molar-refractivity contribution in [2.24, 2.45) is 11.3 Å². The molecule has 1 N–H and O–H groups in total. The Kier molecular flexibility index (Phi) is 2.24. The number of nitrogens with zero attached hydrogens (tertiary/aromatic N) is 2. The van der Waals surface area contributed by atoms with Gasteiger partial charge in [-0.25, -0.2) is 4.98 Å². The van der Waals surface area contributed by atoms with E-state index in [9.17, 15) is 0 Å². The van der Waals surface area contributed by atoms with E-state index in [-0.39, 0.29) is 0 Å². The van der Waals surface area contributed by atoms with E-state index in [4.69, 9.17) is 0 Å². The van der Waals surface area contributed by atoms with Gasteiger partial charge in [-0.2, -0.15) is 4.37 Å². The second kappa shape index (κ2) is 3.25. The average molecular weight is 197 g/mol. The van der Waals surface area contributed by atoms with E-state index in [1.807, 2.05) is 0 Å². The molecule has 1 aliphatic carbocycles. The third-order valence-electron chi connectivity index (χ3n) is 2.59. The molecule has 0 aliphatic heterocycles. The van der Waals surface area contributed by atoms with Gasteiger partial charge in [-0.1, -0.05) is 13.8 Å². The Bertz CT molecular complexity index is 260. The van der Waals surface area contributed by atoms with E-state index in [1.165, 1.54) is 24.4 Å². The van der Waals surface area contributed by atoms with Crippen molar-refractivity contribution in [2.75, 3.05) is 11.9 Å². The number of aromatic nitrogens is 2. The Hall–Kier alpha value is -0.640. The summed E-state index contributed by atoms with van der Waals surface area (Å²) in [6, 6.07) is 0. The number of rotatable bonds is 3. The van der Waals surface area contributed by atoms with Crippen molar-refractivity contribution in [1.29, 1.82) is 0 Å². The van der Waals surface area contributed by atoms with Crippen LogP contribution >= 0.6 is 11.5 Å². The maximum Gasteiger partial charge on any atom is 0.202 e. The minimum atomic E-state index is 0.577. The maximum atomic E-state index is 4.08. The fourth-order valence-corrected chi connectivity index (χ4v) is 2.57. The van der Waals surface area contributed by atoms with Gasteiger partial charge in [-0.05, 0) is 24.2 Å². The molecule has 72 valence electrons. The normalized spacial score (nSPS) is 21.1. The molecule has 1 fully saturated rings. The summed E-state index contributed by atoms with van der Waals surface area (Å²) in [7, 11) is 0. The number of nitrogens with one attached hydrogen (secondary N) is 1. The Morgan fingerprint density at radius 3 is 2.92 bits per heavy atom. The largest absolute Gasteiger partial charge is 0.360 e. The van der Waals surface area contributed by atoms with Gasteiger partial charge in [0, 0.05) is 18.1 Å². The summed E-state index contributed by atoms with van der Waals surface area (Å²) < 4.78 is 3.94. The molecule has 3 nitrogen and oxygen atoms in total. The molecule has 1 aliphatic rings. The van der Waals surface area contributed by atoms with Crippen LogP contribution in [0.25, 0.3) is 0 Å². The third-order valence-corrected chi connectivity index (χ3v) is 3.21. The van der Waals surface area contributed by atoms with Crippen LogP contribution in [0.4, 0.5) is 5.13 Å². The van der Waals surface area contributed by atoms with Gasteiger partial charge in [0.2, 0.25) is 5.13 Å². The lowest BCUT2D eigenvalue weighted by Crippen LogP contribution is -2.35. The van der Waals surface area contributed by atoms with Crippen molar-refractivity contribution in [3.63, 3.8) is 0 Å². The molecule has 2 rings (SSSR count). The second-order valence-corrected chi connectivity index (χ2v) is 5.35. The molecule has 1 aromatic heterocycles. The lowest BCUT2D eigenvalue weighted by atomic mass is 9.64. The summed E-state index contributed by atoms with van der Waals surface area (Å²) in [5.41, 5.74) is 0.577. The Morgan fingerprint density at radius 1 is 1.62 bits per heavy atom. The van der Waals surface area contributed by atoms with Crippen LogP contribution in [-0.2, 0) is 0 Å². The Labute approximate surface area is 82.8 Å². The zero-order chi connectivity index (χ0) is 9.31. The number of anilines is 1. The standard InChI is InChI=1S/C9H15N3S/c1-9(2)3-7(4-9)5-10-8-11-6-12-13-8/h6-7H,3-5H2,1-2H3,(H,10,11,12). The molecule has 1 saturated carbocycles. The molecule has 0 unspecified atom stereocenters. The smallest absolute Gasteiger partial charge is 0.202 e. The summed E-state index contributed by atoms with van der Waals surface area (Å²) >= 11 is 1.43. The van der Waals surface area contributed by atoms with Crippen molar-refractivity contribution >= 4 is 16.7 Å². The van der Waals surface area contributed by atoms with Crippen LogP contribution in [0, 0.1) is 11.3 Å². The predicted molar refractivity (Wildman–Crippen MR) is 54.9 cm³/mol. The van der Waals surface area contributed by atoms with Crippen LogP contribution in [-0.4, -0.2) is 15.9 Å². The van der Waals surface area contributed by atoms with Gasteiger partial charge in [-0.3, -0.25) is 0 Å². The van der Waals surface area contributed by atoms with Crippen molar-refractivity contribution in [3.05, 3.63) is 6.33 Å². The van der Waals surface area contributed by atoms with Gasteiger partial charge in [0.25, 0.3) is 0 Å². The second-order valence-electron chi connectivity index (χ2n) is 4.57. The van der Waals surface area contributed by atoms with Crippen LogP contribution in [0.2, 0.25) is 0 Å². The first-order valence-electron chi connectivity index (χ1n) is 4.66. The maximum absolute atomic E-state index is 4.08. The van der Waals surface area contributed by atoms with Crippen LogP contribution in [0.3, 0.4) is 0 Å². The first-order valence-corrected chi connectivity index (χ1v) is 5.44. The highest BCUT2D eigenvalue weighted by atomic mass is 32.1. The molecular weight excluding hydrogens is 182 g/mol. The minimum absolute atomic E-state index is 0.577. The predicted octanol–water partition coefficient (Wildman–Crippen LogP) is 2.39. The molecule has 0 aromatic carbocycles. The highest BCUT2D eigenvalue weighted by Crippen LogP contribution is 2.44. The number of hydrogen-bond donors (Lipinski definition) is 1. The van der Waals surface area contributed by atoms with E-state index in [1.54, 1.807) is 6.33 Å². The summed E-state index contributed by atoms with van der Waals surface area (Å²) in [5.74, 6) is 0.832. The van der Waals surface area contributed by atoms with Gasteiger partial charge in [0.05, 0.1) is 0 Å². The summed E-state index contributed by atoms with van der Waals surface area (Å²) in [6.45, 7) is 5.71. The van der Waals surface area contributed by atoms with Gasteiger partial charge < -0.3 is 5.32 Å². The molecule has 13 heavy (non-hydrogen) atoms. The monoisotopic (exact) mass is 197 g/mol. The summed E-state index contributed by atoms with van der Waals surface area (Å²) in [4.78, 5) is 4.08. The zero-order valence-corrected chi connectivity index (χ0v) is 8.90. The lowest BCUT2D eigenvalue weighted by Gasteiger charge is -2.42. The van der Waals surface area contributed by atoms with Crippen molar-refractivity contribution in [2.45, 2.75) is 26.7 Å². The van der Waals surface area contributed by atoms with E-state index in [0.29, 0.717) is 5.41 Å². The van der Waals surface area contributed by atoms with E-state index in [2.05, 4.69) is 28.5 Å². The topological polar surface area (TPSA) is 37.8 Å². The van der Waals surface area contributed by atoms with E-state index in [0.717, 1.165) is 17.6 Å². The quantitative estimate of drug-likeness (QED) is 0.808. The van der Waals surface area contributed by atoms with E-state index >= 15 is 0 Å². The van der Waals surface area contributed by atoms with Crippen LogP contribution in [0.1, 0.15) is 26.7 Å². The van der Waals surface area contributed by atoms with Crippen LogP contribution in [0.5, 0.6) is 0 Å². The Morgan fingerprint density at radius 2 is 2.38 bits per heavy atom. The fourth-order valence-electron chi connectivity index (χ4n) is 2.13. The van der Waals surface area contributed by atoms with Crippen molar-refractivity contribution in [3.8, 4) is 0 Å². The fraction of sp³-hybridized carbons (Fsp3) is 0.778. The third kappa shape index (κ3) is 2.18.